The normalized spacial score (nSPS) is 46.3. The summed E-state index contributed by atoms with van der Waals surface area (Å²) in [6.45, 7) is 7.14. The SMILES string of the molecule is C[C@@H]1CC(C)(C)C[C@@]12CC[C@@H](CO)O2. The van der Waals surface area contributed by atoms with Crippen LogP contribution in [0.25, 0.3) is 0 Å². The molecule has 1 N–H and O–H groups in total. The molecule has 1 heterocycles. The predicted octanol–water partition coefficient (Wildman–Crippen LogP) is 2.35. The Balaban J connectivity index is 2.11. The van der Waals surface area contributed by atoms with Gasteiger partial charge in [-0.15, -0.1) is 0 Å². The summed E-state index contributed by atoms with van der Waals surface area (Å²) in [5.41, 5.74) is 0.515. The zero-order valence-electron chi connectivity index (χ0n) is 9.55. The van der Waals surface area contributed by atoms with Gasteiger partial charge in [-0.3, -0.25) is 0 Å². The molecule has 2 nitrogen and oxygen atoms in total. The van der Waals surface area contributed by atoms with E-state index in [0.29, 0.717) is 11.3 Å². The molecule has 0 aromatic carbocycles. The van der Waals surface area contributed by atoms with Gasteiger partial charge in [0.1, 0.15) is 0 Å². The Bertz CT molecular complexity index is 224. The highest BCUT2D eigenvalue weighted by molar-refractivity contribution is 5.03. The molecular formula is C12H22O2. The Morgan fingerprint density at radius 3 is 2.57 bits per heavy atom. The van der Waals surface area contributed by atoms with Crippen LogP contribution in [0.1, 0.15) is 46.5 Å². The quantitative estimate of drug-likeness (QED) is 0.701. The summed E-state index contributed by atoms with van der Waals surface area (Å²) >= 11 is 0. The summed E-state index contributed by atoms with van der Waals surface area (Å²) in [5.74, 6) is 0.647. The smallest absolute Gasteiger partial charge is 0.0814 e. The zero-order valence-corrected chi connectivity index (χ0v) is 9.55. The summed E-state index contributed by atoms with van der Waals surface area (Å²) in [6.07, 6.45) is 4.70. The van der Waals surface area contributed by atoms with Crippen molar-refractivity contribution in [1.29, 1.82) is 0 Å². The van der Waals surface area contributed by atoms with Crippen LogP contribution in [0.3, 0.4) is 0 Å². The minimum absolute atomic E-state index is 0.0941. The maximum Gasteiger partial charge on any atom is 0.0814 e. The van der Waals surface area contributed by atoms with Crippen molar-refractivity contribution in [2.75, 3.05) is 6.61 Å². The Morgan fingerprint density at radius 1 is 1.43 bits per heavy atom. The van der Waals surface area contributed by atoms with Crippen molar-refractivity contribution >= 4 is 0 Å². The molecular weight excluding hydrogens is 176 g/mol. The molecule has 0 amide bonds. The lowest BCUT2D eigenvalue weighted by Crippen LogP contribution is -2.33. The average Bonchev–Trinajstić information content (AvgIpc) is 2.56. The van der Waals surface area contributed by atoms with Gasteiger partial charge in [0.2, 0.25) is 0 Å². The predicted molar refractivity (Wildman–Crippen MR) is 56.1 cm³/mol. The van der Waals surface area contributed by atoms with Gasteiger partial charge in [0, 0.05) is 0 Å². The van der Waals surface area contributed by atoms with Crippen LogP contribution in [0, 0.1) is 11.3 Å². The lowest BCUT2D eigenvalue weighted by Gasteiger charge is -2.29. The molecule has 0 aromatic rings. The Kier molecular flexibility index (Phi) is 2.39. The molecule has 0 radical (unpaired) electrons. The van der Waals surface area contributed by atoms with Gasteiger partial charge in [0.25, 0.3) is 0 Å². The summed E-state index contributed by atoms with van der Waals surface area (Å²) < 4.78 is 6.06. The molecule has 1 saturated carbocycles. The molecule has 14 heavy (non-hydrogen) atoms. The molecule has 1 saturated heterocycles. The number of hydrogen-bond donors (Lipinski definition) is 1. The summed E-state index contributed by atoms with van der Waals surface area (Å²) in [7, 11) is 0. The molecule has 82 valence electrons. The topological polar surface area (TPSA) is 29.5 Å². The second-order valence-electron chi connectivity index (χ2n) is 5.97. The zero-order chi connectivity index (χ0) is 10.4. The van der Waals surface area contributed by atoms with Gasteiger partial charge in [-0.1, -0.05) is 20.8 Å². The first-order valence-corrected chi connectivity index (χ1v) is 5.76. The van der Waals surface area contributed by atoms with Crippen LogP contribution < -0.4 is 0 Å². The fourth-order valence-corrected chi connectivity index (χ4v) is 3.55. The molecule has 1 aliphatic heterocycles. The van der Waals surface area contributed by atoms with Crippen LogP contribution in [0.2, 0.25) is 0 Å². The molecule has 2 heteroatoms. The van der Waals surface area contributed by atoms with E-state index in [4.69, 9.17) is 9.84 Å². The van der Waals surface area contributed by atoms with Crippen LogP contribution in [0.15, 0.2) is 0 Å². The van der Waals surface area contributed by atoms with E-state index in [2.05, 4.69) is 20.8 Å². The summed E-state index contributed by atoms with van der Waals surface area (Å²) in [6, 6.07) is 0. The Hall–Kier alpha value is -0.0800. The third kappa shape index (κ3) is 1.59. The van der Waals surface area contributed by atoms with Crippen molar-refractivity contribution < 1.29 is 9.84 Å². The summed E-state index contributed by atoms with van der Waals surface area (Å²) in [4.78, 5) is 0. The maximum absolute atomic E-state index is 9.10. The Labute approximate surface area is 86.6 Å². The summed E-state index contributed by atoms with van der Waals surface area (Å²) in [5, 5.41) is 9.10. The Morgan fingerprint density at radius 2 is 2.14 bits per heavy atom. The number of aliphatic hydroxyl groups is 1. The van der Waals surface area contributed by atoms with Crippen LogP contribution in [-0.4, -0.2) is 23.4 Å². The lowest BCUT2D eigenvalue weighted by molar-refractivity contribution is -0.0795. The third-order valence-electron chi connectivity index (χ3n) is 4.03. The first-order valence-electron chi connectivity index (χ1n) is 5.76. The van der Waals surface area contributed by atoms with E-state index in [1.54, 1.807) is 0 Å². The van der Waals surface area contributed by atoms with E-state index in [1.807, 2.05) is 0 Å². The van der Waals surface area contributed by atoms with Crippen molar-refractivity contribution in [2.24, 2.45) is 11.3 Å². The fourth-order valence-electron chi connectivity index (χ4n) is 3.55. The monoisotopic (exact) mass is 198 g/mol. The standard InChI is InChI=1S/C12H22O2/c1-9-6-11(2,3)8-12(9)5-4-10(7-13)14-12/h9-10,13H,4-8H2,1-3H3/t9-,10+,12+/m1/s1. The van der Waals surface area contributed by atoms with Crippen LogP contribution in [-0.2, 0) is 4.74 Å². The second-order valence-corrected chi connectivity index (χ2v) is 5.97. The minimum Gasteiger partial charge on any atom is -0.394 e. The molecule has 0 unspecified atom stereocenters. The van der Waals surface area contributed by atoms with E-state index in [-0.39, 0.29) is 18.3 Å². The first kappa shape index (κ1) is 10.4. The number of hydrogen-bond acceptors (Lipinski definition) is 2. The highest BCUT2D eigenvalue weighted by Crippen LogP contribution is 2.54. The van der Waals surface area contributed by atoms with Crippen molar-refractivity contribution in [3.8, 4) is 0 Å². The molecule has 2 rings (SSSR count). The van der Waals surface area contributed by atoms with Gasteiger partial charge in [0.05, 0.1) is 18.3 Å². The van der Waals surface area contributed by atoms with E-state index in [0.717, 1.165) is 19.3 Å². The van der Waals surface area contributed by atoms with Crippen LogP contribution in [0.5, 0.6) is 0 Å². The largest absolute Gasteiger partial charge is 0.394 e. The van der Waals surface area contributed by atoms with Gasteiger partial charge >= 0.3 is 0 Å². The third-order valence-corrected chi connectivity index (χ3v) is 4.03. The van der Waals surface area contributed by atoms with Crippen molar-refractivity contribution in [1.82, 2.24) is 0 Å². The van der Waals surface area contributed by atoms with Gasteiger partial charge in [-0.05, 0) is 37.0 Å². The van der Waals surface area contributed by atoms with Crippen molar-refractivity contribution in [2.45, 2.75) is 58.2 Å². The fraction of sp³-hybridized carbons (Fsp3) is 1.00. The number of aliphatic hydroxyl groups excluding tert-OH is 1. The highest BCUT2D eigenvalue weighted by atomic mass is 16.5. The van der Waals surface area contributed by atoms with Gasteiger partial charge < -0.3 is 9.84 Å². The average molecular weight is 198 g/mol. The minimum atomic E-state index is 0.0941. The van der Waals surface area contributed by atoms with Crippen LogP contribution >= 0.6 is 0 Å². The van der Waals surface area contributed by atoms with Gasteiger partial charge in [-0.25, -0.2) is 0 Å². The lowest BCUT2D eigenvalue weighted by atomic mass is 9.87. The van der Waals surface area contributed by atoms with Gasteiger partial charge in [-0.2, -0.15) is 0 Å². The molecule has 0 bridgehead atoms. The van der Waals surface area contributed by atoms with E-state index < -0.39 is 0 Å². The van der Waals surface area contributed by atoms with Crippen molar-refractivity contribution in [3.63, 3.8) is 0 Å². The maximum atomic E-state index is 9.10. The molecule has 3 atom stereocenters. The van der Waals surface area contributed by atoms with E-state index in [9.17, 15) is 0 Å². The van der Waals surface area contributed by atoms with Gasteiger partial charge in [0.15, 0.2) is 0 Å². The number of rotatable bonds is 1. The highest BCUT2D eigenvalue weighted by Gasteiger charge is 2.52. The van der Waals surface area contributed by atoms with Crippen LogP contribution in [0.4, 0.5) is 0 Å². The van der Waals surface area contributed by atoms with Crippen molar-refractivity contribution in [3.05, 3.63) is 0 Å². The first-order chi connectivity index (χ1) is 6.47. The molecule has 2 aliphatic rings. The molecule has 1 aliphatic carbocycles. The molecule has 0 aromatic heterocycles. The van der Waals surface area contributed by atoms with E-state index in [1.165, 1.54) is 6.42 Å². The number of ether oxygens (including phenoxy) is 1. The molecule has 1 spiro atoms. The molecule has 2 fully saturated rings. The second kappa shape index (κ2) is 3.21. The van der Waals surface area contributed by atoms with E-state index >= 15 is 0 Å².